The van der Waals surface area contributed by atoms with Gasteiger partial charge in [-0.05, 0) is 61.9 Å². The molecule has 4 rings (SSSR count). The van der Waals surface area contributed by atoms with Crippen LogP contribution in [0.5, 0.6) is 0 Å². The van der Waals surface area contributed by atoms with Gasteiger partial charge in [-0.2, -0.15) is 23.3 Å². The van der Waals surface area contributed by atoms with E-state index in [1.54, 1.807) is 12.4 Å². The van der Waals surface area contributed by atoms with Gasteiger partial charge in [0.2, 0.25) is 5.95 Å². The smallest absolute Gasteiger partial charge is 0.373 e. The standard InChI is InChI=1S/C24H30F3N7/c1-28-21-11-12-30-23(32-21)34(2)20-9-3-16(4-10-20)13-29-14-18-15-31-33-22(18)17-5-7-19(8-6-17)24(25,26)27/h5-8,11-12,15-16,20,29H,3-4,9-10,13-14H2,1-2H3,(H,31,33)(H,28,30,32). The summed E-state index contributed by atoms with van der Waals surface area (Å²) in [6.45, 7) is 1.50. The summed E-state index contributed by atoms with van der Waals surface area (Å²) in [5, 5.41) is 13.6. The molecule has 0 amide bonds. The molecule has 7 nitrogen and oxygen atoms in total. The SMILES string of the molecule is CNc1ccnc(N(C)C2CCC(CNCc3cn[nH]c3-c3ccc(C(F)(F)F)cc3)CC2)n1. The third-order valence-electron chi connectivity index (χ3n) is 6.55. The van der Waals surface area contributed by atoms with Crippen LogP contribution in [0.1, 0.15) is 36.8 Å². The number of H-pyrrole nitrogens is 1. The molecule has 34 heavy (non-hydrogen) atoms. The fraction of sp³-hybridized carbons (Fsp3) is 0.458. The molecule has 1 aliphatic carbocycles. The van der Waals surface area contributed by atoms with E-state index in [0.29, 0.717) is 24.1 Å². The highest BCUT2D eigenvalue weighted by atomic mass is 19.4. The number of hydrogen-bond donors (Lipinski definition) is 3. The van der Waals surface area contributed by atoms with Crippen molar-refractivity contribution in [2.45, 2.75) is 44.4 Å². The number of nitrogens with zero attached hydrogens (tertiary/aromatic N) is 4. The third kappa shape index (κ3) is 5.67. The van der Waals surface area contributed by atoms with Gasteiger partial charge >= 0.3 is 6.18 Å². The lowest BCUT2D eigenvalue weighted by Gasteiger charge is -2.34. The van der Waals surface area contributed by atoms with Crippen molar-refractivity contribution in [1.29, 1.82) is 0 Å². The van der Waals surface area contributed by atoms with Crippen molar-refractivity contribution in [1.82, 2.24) is 25.5 Å². The van der Waals surface area contributed by atoms with Gasteiger partial charge in [-0.1, -0.05) is 12.1 Å². The normalized spacial score (nSPS) is 18.6. The highest BCUT2D eigenvalue weighted by molar-refractivity contribution is 5.63. The molecule has 1 saturated carbocycles. The van der Waals surface area contributed by atoms with Crippen LogP contribution in [0.4, 0.5) is 24.9 Å². The van der Waals surface area contributed by atoms with Gasteiger partial charge in [-0.25, -0.2) is 4.98 Å². The Morgan fingerprint density at radius 1 is 1.09 bits per heavy atom. The molecule has 1 aliphatic rings. The molecule has 10 heteroatoms. The summed E-state index contributed by atoms with van der Waals surface area (Å²) in [6.07, 6.45) is 3.56. The molecule has 0 bridgehead atoms. The van der Waals surface area contributed by atoms with Gasteiger partial charge in [0.1, 0.15) is 5.82 Å². The first-order chi connectivity index (χ1) is 16.3. The fourth-order valence-electron chi connectivity index (χ4n) is 4.49. The molecular formula is C24H30F3N7. The average molecular weight is 474 g/mol. The molecule has 0 unspecified atom stereocenters. The van der Waals surface area contributed by atoms with E-state index in [1.165, 1.54) is 12.1 Å². The molecule has 0 atom stereocenters. The van der Waals surface area contributed by atoms with E-state index in [-0.39, 0.29) is 0 Å². The summed E-state index contributed by atoms with van der Waals surface area (Å²) >= 11 is 0. The number of hydrogen-bond acceptors (Lipinski definition) is 6. The van der Waals surface area contributed by atoms with Gasteiger partial charge in [0.05, 0.1) is 17.5 Å². The molecule has 2 aromatic heterocycles. The van der Waals surface area contributed by atoms with Crippen molar-refractivity contribution in [3.05, 3.63) is 53.9 Å². The second-order valence-electron chi connectivity index (χ2n) is 8.75. The Morgan fingerprint density at radius 2 is 1.82 bits per heavy atom. The lowest BCUT2D eigenvalue weighted by Crippen LogP contribution is -2.38. The van der Waals surface area contributed by atoms with Gasteiger partial charge in [-0.3, -0.25) is 5.10 Å². The number of halogens is 3. The van der Waals surface area contributed by atoms with Crippen molar-refractivity contribution in [3.8, 4) is 11.3 Å². The van der Waals surface area contributed by atoms with Crippen LogP contribution in [-0.4, -0.2) is 46.8 Å². The maximum atomic E-state index is 12.8. The topological polar surface area (TPSA) is 81.8 Å². The van der Waals surface area contributed by atoms with E-state index in [1.807, 2.05) is 13.1 Å². The van der Waals surface area contributed by atoms with Gasteiger partial charge in [0, 0.05) is 38.4 Å². The molecule has 0 spiro atoms. The maximum absolute atomic E-state index is 12.8. The monoisotopic (exact) mass is 473 g/mol. The van der Waals surface area contributed by atoms with E-state index >= 15 is 0 Å². The largest absolute Gasteiger partial charge is 0.416 e. The van der Waals surface area contributed by atoms with Crippen LogP contribution < -0.4 is 15.5 Å². The predicted molar refractivity (Wildman–Crippen MR) is 126 cm³/mol. The summed E-state index contributed by atoms with van der Waals surface area (Å²) in [4.78, 5) is 11.1. The van der Waals surface area contributed by atoms with Crippen molar-refractivity contribution < 1.29 is 13.2 Å². The third-order valence-corrected chi connectivity index (χ3v) is 6.55. The summed E-state index contributed by atoms with van der Waals surface area (Å²) in [5.74, 6) is 2.13. The van der Waals surface area contributed by atoms with Gasteiger partial charge in [-0.15, -0.1) is 0 Å². The van der Waals surface area contributed by atoms with E-state index < -0.39 is 11.7 Å². The predicted octanol–water partition coefficient (Wildman–Crippen LogP) is 4.71. The molecule has 2 heterocycles. The van der Waals surface area contributed by atoms with Crippen molar-refractivity contribution in [2.75, 3.05) is 30.9 Å². The molecule has 182 valence electrons. The Kier molecular flexibility index (Phi) is 7.35. The first kappa shape index (κ1) is 24.0. The van der Waals surface area contributed by atoms with Crippen LogP contribution in [0.3, 0.4) is 0 Å². The Morgan fingerprint density at radius 3 is 2.50 bits per heavy atom. The molecule has 1 fully saturated rings. The first-order valence-electron chi connectivity index (χ1n) is 11.5. The summed E-state index contributed by atoms with van der Waals surface area (Å²) in [6, 6.07) is 7.43. The number of aromatic nitrogens is 4. The highest BCUT2D eigenvalue weighted by Gasteiger charge is 2.30. The number of benzene rings is 1. The Labute approximate surface area is 197 Å². The summed E-state index contributed by atoms with van der Waals surface area (Å²) in [5.41, 5.74) is 1.72. The van der Waals surface area contributed by atoms with Crippen LogP contribution >= 0.6 is 0 Å². The molecule has 0 aliphatic heterocycles. The molecule has 1 aromatic carbocycles. The second-order valence-corrected chi connectivity index (χ2v) is 8.75. The van der Waals surface area contributed by atoms with Crippen LogP contribution in [0, 0.1) is 5.92 Å². The van der Waals surface area contributed by atoms with Gasteiger partial charge in [0.25, 0.3) is 0 Å². The minimum atomic E-state index is -4.34. The van der Waals surface area contributed by atoms with E-state index in [0.717, 1.165) is 67.4 Å². The summed E-state index contributed by atoms with van der Waals surface area (Å²) in [7, 11) is 3.90. The number of alkyl halides is 3. The minimum absolute atomic E-state index is 0.420. The van der Waals surface area contributed by atoms with Crippen LogP contribution in [0.25, 0.3) is 11.3 Å². The van der Waals surface area contributed by atoms with Crippen molar-refractivity contribution in [2.24, 2.45) is 5.92 Å². The molecular weight excluding hydrogens is 443 g/mol. The maximum Gasteiger partial charge on any atom is 0.416 e. The van der Waals surface area contributed by atoms with Crippen LogP contribution in [-0.2, 0) is 12.7 Å². The minimum Gasteiger partial charge on any atom is -0.373 e. The summed E-state index contributed by atoms with van der Waals surface area (Å²) < 4.78 is 38.5. The fourth-order valence-corrected chi connectivity index (χ4v) is 4.49. The Bertz CT molecular complexity index is 1060. The zero-order chi connectivity index (χ0) is 24.1. The number of nitrogens with one attached hydrogen (secondary N) is 3. The molecule has 0 saturated heterocycles. The van der Waals surface area contributed by atoms with Crippen molar-refractivity contribution >= 4 is 11.8 Å². The van der Waals surface area contributed by atoms with Crippen molar-refractivity contribution in [3.63, 3.8) is 0 Å². The number of aromatic amines is 1. The molecule has 3 aromatic rings. The lowest BCUT2D eigenvalue weighted by molar-refractivity contribution is -0.137. The van der Waals surface area contributed by atoms with E-state index in [9.17, 15) is 13.2 Å². The van der Waals surface area contributed by atoms with Gasteiger partial charge in [0.15, 0.2) is 0 Å². The molecule has 0 radical (unpaired) electrons. The number of rotatable bonds is 8. The van der Waals surface area contributed by atoms with E-state index in [4.69, 9.17) is 0 Å². The first-order valence-corrected chi connectivity index (χ1v) is 11.5. The second kappa shape index (κ2) is 10.4. The molecule has 3 N–H and O–H groups in total. The average Bonchev–Trinajstić information content (AvgIpc) is 3.32. The Balaban J connectivity index is 1.26. The van der Waals surface area contributed by atoms with Crippen LogP contribution in [0.2, 0.25) is 0 Å². The van der Waals surface area contributed by atoms with Crippen LogP contribution in [0.15, 0.2) is 42.7 Å². The quantitative estimate of drug-likeness (QED) is 0.440. The van der Waals surface area contributed by atoms with E-state index in [2.05, 4.69) is 42.7 Å². The number of anilines is 2. The Hall–Kier alpha value is -3.14. The highest BCUT2D eigenvalue weighted by Crippen LogP contribution is 2.32. The zero-order valence-corrected chi connectivity index (χ0v) is 19.4. The van der Waals surface area contributed by atoms with Gasteiger partial charge < -0.3 is 15.5 Å². The zero-order valence-electron chi connectivity index (χ0n) is 19.4. The lowest BCUT2D eigenvalue weighted by atomic mass is 9.85.